The van der Waals surface area contributed by atoms with E-state index in [0.29, 0.717) is 0 Å². The van der Waals surface area contributed by atoms with Crippen molar-refractivity contribution in [3.63, 3.8) is 0 Å². The summed E-state index contributed by atoms with van der Waals surface area (Å²) < 4.78 is 4.94. The van der Waals surface area contributed by atoms with Crippen LogP contribution in [0.2, 0.25) is 0 Å². The van der Waals surface area contributed by atoms with E-state index in [4.69, 9.17) is 0 Å². The number of nitrogens with zero attached hydrogens (tertiary/aromatic N) is 2. The Hall–Kier alpha value is -6.59. The fraction of sp³-hybridized carbons (Fsp3) is 0. The molecule has 0 radical (unpaired) electrons. The fourth-order valence-electron chi connectivity index (χ4n) is 9.78. The van der Waals surface area contributed by atoms with Crippen molar-refractivity contribution >= 4 is 95.0 Å². The number of rotatable bonds is 4. The SMILES string of the molecule is c1ccc2c(c1)Sc1c(-n3c4ccccc4c4ccccc43)cccc1[Si]2(c1ccc(-n2c3ccccc3c3ccccc32)cc1)c1cccc2ccccc12. The number of para-hydroxylation sites is 4. The molecule has 56 heavy (non-hydrogen) atoms. The second-order valence-electron chi connectivity index (χ2n) is 14.8. The predicted octanol–water partition coefficient (Wildman–Crippen LogP) is 10.9. The summed E-state index contributed by atoms with van der Waals surface area (Å²) in [5.74, 6) is 0. The van der Waals surface area contributed by atoms with Crippen molar-refractivity contribution in [2.24, 2.45) is 0 Å². The van der Waals surface area contributed by atoms with Crippen LogP contribution in [0.3, 0.4) is 0 Å². The van der Waals surface area contributed by atoms with Crippen LogP contribution in [0.15, 0.2) is 216 Å². The van der Waals surface area contributed by atoms with Crippen molar-refractivity contribution < 1.29 is 0 Å². The first kappa shape index (κ1) is 31.7. The van der Waals surface area contributed by atoms with Crippen LogP contribution >= 0.6 is 11.8 Å². The molecule has 1 aliphatic heterocycles. The second kappa shape index (κ2) is 12.2. The molecule has 0 saturated carbocycles. The third-order valence-corrected chi connectivity index (χ3v) is 18.5. The lowest BCUT2D eigenvalue weighted by Gasteiger charge is -2.41. The number of benzene rings is 9. The lowest BCUT2D eigenvalue weighted by Crippen LogP contribution is -2.76. The van der Waals surface area contributed by atoms with E-state index in [1.165, 1.54) is 96.3 Å². The van der Waals surface area contributed by atoms with Crippen molar-refractivity contribution in [2.75, 3.05) is 0 Å². The van der Waals surface area contributed by atoms with E-state index in [1.54, 1.807) is 0 Å². The van der Waals surface area contributed by atoms with E-state index in [2.05, 4.69) is 215 Å². The molecule has 3 heterocycles. The molecule has 1 aliphatic rings. The Balaban J connectivity index is 1.19. The normalized spacial score (nSPS) is 15.1. The number of hydrogen-bond donors (Lipinski definition) is 0. The topological polar surface area (TPSA) is 9.86 Å². The highest BCUT2D eigenvalue weighted by atomic mass is 32.2. The molecule has 2 nitrogen and oxygen atoms in total. The quantitative estimate of drug-likeness (QED) is 0.163. The number of hydrogen-bond acceptors (Lipinski definition) is 1. The Morgan fingerprint density at radius 3 is 1.45 bits per heavy atom. The lowest BCUT2D eigenvalue weighted by molar-refractivity contribution is 1.13. The highest BCUT2D eigenvalue weighted by molar-refractivity contribution is 8.00. The van der Waals surface area contributed by atoms with Crippen molar-refractivity contribution in [2.45, 2.75) is 9.79 Å². The largest absolute Gasteiger partial charge is 0.309 e. The van der Waals surface area contributed by atoms with E-state index < -0.39 is 8.07 Å². The van der Waals surface area contributed by atoms with Crippen LogP contribution in [-0.2, 0) is 0 Å². The summed E-state index contributed by atoms with van der Waals surface area (Å²) in [6, 6.07) is 77.3. The van der Waals surface area contributed by atoms with Gasteiger partial charge in [0.1, 0.15) is 0 Å². The summed E-state index contributed by atoms with van der Waals surface area (Å²) in [7, 11) is -2.98. The smallest absolute Gasteiger partial charge is 0.182 e. The molecule has 1 atom stereocenters. The Kier molecular flexibility index (Phi) is 6.92. The summed E-state index contributed by atoms with van der Waals surface area (Å²) in [6.07, 6.45) is 0. The zero-order valence-corrected chi connectivity index (χ0v) is 32.2. The van der Waals surface area contributed by atoms with Crippen molar-refractivity contribution in [1.82, 2.24) is 9.13 Å². The first-order valence-electron chi connectivity index (χ1n) is 19.3. The van der Waals surface area contributed by atoms with Crippen LogP contribution < -0.4 is 20.7 Å². The van der Waals surface area contributed by atoms with Gasteiger partial charge in [-0.05, 0) is 80.1 Å². The first-order valence-corrected chi connectivity index (χ1v) is 22.1. The zero-order valence-electron chi connectivity index (χ0n) is 30.4. The third-order valence-electron chi connectivity index (χ3n) is 12.1. The van der Waals surface area contributed by atoms with Gasteiger partial charge in [-0.25, -0.2) is 0 Å². The maximum atomic E-state index is 2.51. The minimum atomic E-state index is -2.98. The fourth-order valence-corrected chi connectivity index (χ4v) is 17.0. The van der Waals surface area contributed by atoms with Crippen molar-refractivity contribution in [1.29, 1.82) is 0 Å². The van der Waals surface area contributed by atoms with Gasteiger partial charge in [0.2, 0.25) is 0 Å². The van der Waals surface area contributed by atoms with E-state index >= 15 is 0 Å². The molecular weight excluding hydrogens is 713 g/mol. The summed E-state index contributed by atoms with van der Waals surface area (Å²) in [5, 5.41) is 13.4. The molecule has 12 rings (SSSR count). The van der Waals surface area contributed by atoms with Gasteiger partial charge in [0.25, 0.3) is 0 Å². The second-order valence-corrected chi connectivity index (χ2v) is 19.6. The molecule has 0 saturated heterocycles. The number of aromatic nitrogens is 2. The molecular formula is C52H34N2SSi. The Bertz CT molecular complexity index is 3240. The van der Waals surface area contributed by atoms with Gasteiger partial charge in [-0.2, -0.15) is 0 Å². The molecule has 2 aromatic heterocycles. The third kappa shape index (κ3) is 4.34. The minimum Gasteiger partial charge on any atom is -0.309 e. The monoisotopic (exact) mass is 746 g/mol. The molecule has 0 amide bonds. The van der Waals surface area contributed by atoms with E-state index in [1.807, 2.05) is 11.8 Å². The van der Waals surface area contributed by atoms with Gasteiger partial charge in [-0.3, -0.25) is 0 Å². The number of fused-ring (bicyclic) bond motifs is 9. The van der Waals surface area contributed by atoms with Crippen LogP contribution in [-0.4, -0.2) is 17.2 Å². The standard InChI is InChI=1S/C52H34N2SSi/c1-2-17-38-35(15-1)16-13-29-49(38)56(37-33-31-36(32-34-37)53-43-22-7-3-18-39(43)40-19-4-8-23-44(40)53)50-28-12-11-27-48(50)55-52-47(26-14-30-51(52)56)54-45-24-9-5-20-41(45)42-21-6-10-25-46(42)54/h1-34H. The summed E-state index contributed by atoms with van der Waals surface area (Å²) in [4.78, 5) is 2.67. The molecule has 0 bridgehead atoms. The van der Waals surface area contributed by atoms with Gasteiger partial charge in [0.15, 0.2) is 8.07 Å². The van der Waals surface area contributed by atoms with Crippen LogP contribution in [0.5, 0.6) is 0 Å². The molecule has 0 N–H and O–H groups in total. The van der Waals surface area contributed by atoms with Gasteiger partial charge in [0, 0.05) is 37.0 Å². The molecule has 4 heteroatoms. The molecule has 1 unspecified atom stereocenters. The van der Waals surface area contributed by atoms with Crippen molar-refractivity contribution in [3.05, 3.63) is 206 Å². The van der Waals surface area contributed by atoms with Crippen LogP contribution in [0.1, 0.15) is 0 Å². The van der Waals surface area contributed by atoms with Gasteiger partial charge in [-0.15, -0.1) is 0 Å². The summed E-state index contributed by atoms with van der Waals surface area (Å²) >= 11 is 1.94. The van der Waals surface area contributed by atoms with Crippen LogP contribution in [0, 0.1) is 0 Å². The predicted molar refractivity (Wildman–Crippen MR) is 240 cm³/mol. The molecule has 0 aliphatic carbocycles. The maximum Gasteiger partial charge on any atom is 0.182 e. The van der Waals surface area contributed by atoms with E-state index in [9.17, 15) is 0 Å². The molecule has 262 valence electrons. The summed E-state index contributed by atoms with van der Waals surface area (Å²) in [5.41, 5.74) is 7.32. The maximum absolute atomic E-state index is 2.98. The van der Waals surface area contributed by atoms with Crippen LogP contribution in [0.25, 0.3) is 65.8 Å². The van der Waals surface area contributed by atoms with E-state index in [-0.39, 0.29) is 0 Å². The van der Waals surface area contributed by atoms with Gasteiger partial charge in [0.05, 0.1) is 27.8 Å². The van der Waals surface area contributed by atoms with E-state index in [0.717, 1.165) is 0 Å². The minimum absolute atomic E-state index is 1.17. The van der Waals surface area contributed by atoms with Gasteiger partial charge in [-0.1, -0.05) is 169 Å². The Morgan fingerprint density at radius 1 is 0.339 bits per heavy atom. The molecule has 11 aromatic rings. The molecule has 0 fully saturated rings. The Morgan fingerprint density at radius 2 is 0.804 bits per heavy atom. The highest BCUT2D eigenvalue weighted by Crippen LogP contribution is 2.41. The first-order chi connectivity index (χ1) is 27.8. The Labute approximate surface area is 329 Å². The van der Waals surface area contributed by atoms with Crippen molar-refractivity contribution in [3.8, 4) is 11.4 Å². The molecule has 9 aromatic carbocycles. The average molecular weight is 747 g/mol. The summed E-state index contributed by atoms with van der Waals surface area (Å²) in [6.45, 7) is 0. The van der Waals surface area contributed by atoms with Gasteiger partial charge < -0.3 is 9.13 Å². The zero-order chi connectivity index (χ0) is 36.8. The average Bonchev–Trinajstić information content (AvgIpc) is 3.78. The molecule has 0 spiro atoms. The highest BCUT2D eigenvalue weighted by Gasteiger charge is 2.48. The van der Waals surface area contributed by atoms with Crippen LogP contribution in [0.4, 0.5) is 0 Å². The van der Waals surface area contributed by atoms with Gasteiger partial charge >= 0.3 is 0 Å². The lowest BCUT2D eigenvalue weighted by atomic mass is 10.1.